The maximum absolute atomic E-state index is 5.26. The Labute approximate surface area is 277 Å². The summed E-state index contributed by atoms with van der Waals surface area (Å²) in [5.41, 5.74) is 9.03. The molecule has 4 heteroatoms. The number of para-hydroxylation sites is 2. The first kappa shape index (κ1) is 26.8. The molecule has 0 fully saturated rings. The highest BCUT2D eigenvalue weighted by molar-refractivity contribution is 6.35. The second kappa shape index (κ2) is 10.6. The highest BCUT2D eigenvalue weighted by atomic mass is 15.2. The molecule has 48 heavy (non-hydrogen) atoms. The molecule has 1 unspecified atom stereocenters. The van der Waals surface area contributed by atoms with Crippen LogP contribution in [0.2, 0.25) is 0 Å². The summed E-state index contributed by atoms with van der Waals surface area (Å²) < 4.78 is 4.93. The van der Waals surface area contributed by atoms with Gasteiger partial charge in [0, 0.05) is 27.9 Å². The van der Waals surface area contributed by atoms with Gasteiger partial charge in [-0.1, -0.05) is 146 Å². The van der Waals surface area contributed by atoms with Gasteiger partial charge in [-0.05, 0) is 45.5 Å². The fourth-order valence-corrected chi connectivity index (χ4v) is 7.68. The lowest BCUT2D eigenvalue weighted by atomic mass is 9.97. The topological polar surface area (TPSA) is 34.2 Å². The van der Waals surface area contributed by atoms with Gasteiger partial charge in [-0.3, -0.25) is 9.56 Å². The van der Waals surface area contributed by atoms with E-state index in [0.717, 1.165) is 33.9 Å². The van der Waals surface area contributed by atoms with Crippen molar-refractivity contribution < 1.29 is 0 Å². The first-order chi connectivity index (χ1) is 23.8. The lowest BCUT2D eigenvalue weighted by Gasteiger charge is -2.26. The molecule has 3 heterocycles. The predicted octanol–water partition coefficient (Wildman–Crippen LogP) is 10.6. The van der Waals surface area contributed by atoms with E-state index in [0.29, 0.717) is 0 Å². The first-order valence-corrected chi connectivity index (χ1v) is 16.4. The van der Waals surface area contributed by atoms with Crippen LogP contribution in [0, 0.1) is 0 Å². The number of rotatable bonds is 4. The summed E-state index contributed by atoms with van der Waals surface area (Å²) in [5.74, 6) is 0.994. The predicted molar refractivity (Wildman–Crippen MR) is 201 cm³/mol. The van der Waals surface area contributed by atoms with Crippen molar-refractivity contribution in [3.05, 3.63) is 181 Å². The second-order valence-electron chi connectivity index (χ2n) is 12.4. The average molecular weight is 615 g/mol. The van der Waals surface area contributed by atoms with Gasteiger partial charge >= 0.3 is 0 Å². The smallest absolute Gasteiger partial charge is 0.146 e. The zero-order valence-corrected chi connectivity index (χ0v) is 26.1. The van der Waals surface area contributed by atoms with Crippen LogP contribution in [0.4, 0.5) is 0 Å². The van der Waals surface area contributed by atoms with E-state index in [1.165, 1.54) is 48.9 Å². The minimum atomic E-state index is -0.252. The van der Waals surface area contributed by atoms with Crippen LogP contribution in [0.25, 0.3) is 65.9 Å². The zero-order valence-electron chi connectivity index (χ0n) is 26.1. The number of nitrogens with zero attached hydrogens (tertiary/aromatic N) is 3. The summed E-state index contributed by atoms with van der Waals surface area (Å²) >= 11 is 0. The van der Waals surface area contributed by atoms with Gasteiger partial charge in [0.1, 0.15) is 12.0 Å². The molecule has 0 aliphatic carbocycles. The van der Waals surface area contributed by atoms with Crippen molar-refractivity contribution in [1.29, 1.82) is 0 Å². The highest BCUT2D eigenvalue weighted by Gasteiger charge is 2.28. The van der Waals surface area contributed by atoms with Crippen molar-refractivity contribution in [3.8, 4) is 5.69 Å². The van der Waals surface area contributed by atoms with Crippen LogP contribution in [0.5, 0.6) is 0 Å². The molecule has 4 nitrogen and oxygen atoms in total. The summed E-state index contributed by atoms with van der Waals surface area (Å²) in [6.07, 6.45) is 1.97. The molecular weight excluding hydrogens is 585 g/mol. The van der Waals surface area contributed by atoms with Crippen molar-refractivity contribution in [1.82, 2.24) is 14.5 Å². The monoisotopic (exact) mass is 614 g/mol. The summed E-state index contributed by atoms with van der Waals surface area (Å²) in [4.78, 5) is 5.26. The Kier molecular flexibility index (Phi) is 5.90. The van der Waals surface area contributed by atoms with E-state index < -0.39 is 0 Å². The van der Waals surface area contributed by atoms with Crippen LogP contribution in [0.3, 0.4) is 0 Å². The zero-order chi connectivity index (χ0) is 31.6. The van der Waals surface area contributed by atoms with Crippen molar-refractivity contribution in [2.75, 3.05) is 0 Å². The highest BCUT2D eigenvalue weighted by Crippen LogP contribution is 2.46. The number of fused-ring (bicyclic) bond motifs is 10. The van der Waals surface area contributed by atoms with Crippen LogP contribution >= 0.6 is 0 Å². The van der Waals surface area contributed by atoms with E-state index in [2.05, 4.69) is 184 Å². The Hall–Kier alpha value is -6.39. The van der Waals surface area contributed by atoms with Crippen molar-refractivity contribution in [3.63, 3.8) is 0 Å². The van der Waals surface area contributed by atoms with Crippen LogP contribution in [0.1, 0.15) is 17.3 Å². The van der Waals surface area contributed by atoms with E-state index in [9.17, 15) is 0 Å². The van der Waals surface area contributed by atoms with Gasteiger partial charge in [0.2, 0.25) is 0 Å². The lowest BCUT2D eigenvalue weighted by molar-refractivity contribution is 0.646. The van der Waals surface area contributed by atoms with Gasteiger partial charge in [0.15, 0.2) is 0 Å². The van der Waals surface area contributed by atoms with Gasteiger partial charge in [0.05, 0.1) is 27.8 Å². The normalized spacial score (nSPS) is 14.9. The molecule has 0 amide bonds. The summed E-state index contributed by atoms with van der Waals surface area (Å²) in [6.45, 7) is 0. The molecule has 7 aromatic carbocycles. The number of benzene rings is 7. The van der Waals surface area contributed by atoms with Gasteiger partial charge in [-0.25, -0.2) is 0 Å². The van der Waals surface area contributed by atoms with Crippen molar-refractivity contribution >= 4 is 65.9 Å². The Bertz CT molecular complexity index is 2730. The molecule has 226 valence electrons. The van der Waals surface area contributed by atoms with Crippen molar-refractivity contribution in [2.24, 2.45) is 4.99 Å². The number of hydrogen-bond acceptors (Lipinski definition) is 2. The van der Waals surface area contributed by atoms with Crippen LogP contribution < -0.4 is 5.32 Å². The molecule has 0 radical (unpaired) electrons. The van der Waals surface area contributed by atoms with Gasteiger partial charge < -0.3 is 9.88 Å². The molecule has 10 rings (SSSR count). The van der Waals surface area contributed by atoms with Crippen LogP contribution in [-0.4, -0.2) is 14.8 Å². The Morgan fingerprint density at radius 1 is 0.458 bits per heavy atom. The first-order valence-electron chi connectivity index (χ1n) is 16.4. The number of aromatic nitrogens is 2. The molecule has 0 bridgehead atoms. The molecule has 2 aromatic heterocycles. The van der Waals surface area contributed by atoms with Gasteiger partial charge in [-0.15, -0.1) is 0 Å². The number of nitrogens with one attached hydrogen (secondary N) is 1. The summed E-state index contributed by atoms with van der Waals surface area (Å²) in [7, 11) is 0. The third kappa shape index (κ3) is 3.93. The largest absolute Gasteiger partial charge is 0.346 e. The Morgan fingerprint density at radius 3 is 1.75 bits per heavy atom. The molecule has 9 aromatic rings. The van der Waals surface area contributed by atoms with E-state index in [1.54, 1.807) is 0 Å². The molecule has 0 saturated carbocycles. The van der Waals surface area contributed by atoms with E-state index in [1.807, 2.05) is 0 Å². The molecule has 1 atom stereocenters. The summed E-state index contributed by atoms with van der Waals surface area (Å²) in [5, 5.41) is 11.3. The third-order valence-corrected chi connectivity index (χ3v) is 9.70. The molecule has 0 spiro atoms. The maximum Gasteiger partial charge on any atom is 0.146 e. The molecule has 1 N–H and O–H groups in total. The third-order valence-electron chi connectivity index (χ3n) is 9.70. The Morgan fingerprint density at radius 2 is 1.02 bits per heavy atom. The second-order valence-corrected chi connectivity index (χ2v) is 12.4. The lowest BCUT2D eigenvalue weighted by Crippen LogP contribution is -2.27. The van der Waals surface area contributed by atoms with Crippen LogP contribution in [0.15, 0.2) is 175 Å². The van der Waals surface area contributed by atoms with E-state index >= 15 is 0 Å². The summed E-state index contributed by atoms with van der Waals surface area (Å²) in [6, 6.07) is 58.3. The molecule has 1 aliphatic heterocycles. The minimum Gasteiger partial charge on any atom is -0.346 e. The van der Waals surface area contributed by atoms with E-state index in [-0.39, 0.29) is 6.17 Å². The molecular formula is C44H30N4. The van der Waals surface area contributed by atoms with Gasteiger partial charge in [0.25, 0.3) is 0 Å². The van der Waals surface area contributed by atoms with Gasteiger partial charge in [-0.2, -0.15) is 0 Å². The number of aliphatic imine (C=N–C) groups is 1. The van der Waals surface area contributed by atoms with E-state index in [4.69, 9.17) is 4.99 Å². The quantitative estimate of drug-likeness (QED) is 0.197. The minimum absolute atomic E-state index is 0.252. The SMILES string of the molecule is C1=C(n2c3ccccc3c3c2c2c4ccccc4c4ccccc4c2n3-c2ccccc2)NC(c2ccccc2)N=C1c1ccccc1. The molecule has 1 aliphatic rings. The van der Waals surface area contributed by atoms with Crippen LogP contribution in [-0.2, 0) is 0 Å². The fourth-order valence-electron chi connectivity index (χ4n) is 7.68. The average Bonchev–Trinajstić information content (AvgIpc) is 3.69. The molecule has 0 saturated heterocycles. The number of hydrogen-bond donors (Lipinski definition) is 1. The number of allylic oxidation sites excluding steroid dienone is 1. The fraction of sp³-hybridized carbons (Fsp3) is 0.0227. The Balaban J connectivity index is 1.40. The standard InChI is InChI=1S/C44H30N4/c1-4-16-29(17-5-1)37-28-39(46-44(45-37)30-18-6-2-7-19-30)48-38-27-15-14-26-36(38)42-43(48)40-34-24-12-10-22-32(34)33-23-11-13-25-35(33)41(40)47(42)31-20-8-3-9-21-31/h1-28,44,46H. The van der Waals surface area contributed by atoms with Crippen molar-refractivity contribution in [2.45, 2.75) is 6.17 Å². The maximum atomic E-state index is 5.26.